The molecule has 23 heavy (non-hydrogen) atoms. The summed E-state index contributed by atoms with van der Waals surface area (Å²) in [5, 5.41) is 3.86. The zero-order chi connectivity index (χ0) is 17.0. The number of ketones is 1. The van der Waals surface area contributed by atoms with Gasteiger partial charge in [0.2, 0.25) is 0 Å². The van der Waals surface area contributed by atoms with E-state index in [0.717, 1.165) is 5.56 Å². The monoisotopic (exact) mass is 333 g/mol. The van der Waals surface area contributed by atoms with Gasteiger partial charge < -0.3 is 0 Å². The van der Waals surface area contributed by atoms with E-state index < -0.39 is 10.1 Å². The van der Waals surface area contributed by atoms with Crippen molar-refractivity contribution in [1.82, 2.24) is 0 Å². The van der Waals surface area contributed by atoms with Crippen LogP contribution in [0.4, 0.5) is 0 Å². The number of hydrogen-bond donors (Lipinski definition) is 0. The van der Waals surface area contributed by atoms with Crippen molar-refractivity contribution in [1.29, 1.82) is 0 Å². The lowest BCUT2D eigenvalue weighted by atomic mass is 9.98. The zero-order valence-electron chi connectivity index (χ0n) is 13.5. The number of carbonyl (C=O) groups is 1. The summed E-state index contributed by atoms with van der Waals surface area (Å²) < 4.78 is 29.3. The summed E-state index contributed by atoms with van der Waals surface area (Å²) >= 11 is 0. The molecule has 0 bridgehead atoms. The maximum atomic E-state index is 12.2. The highest BCUT2D eigenvalue weighted by atomic mass is 32.2. The van der Waals surface area contributed by atoms with Gasteiger partial charge in [-0.25, -0.2) is 0 Å². The SMILES string of the molecule is CC1=CC(=NOS(=O)(=O)c2ccc(C)cc2)C2C(C1=O)C2(C)C. The highest BCUT2D eigenvalue weighted by Crippen LogP contribution is 2.61. The van der Waals surface area contributed by atoms with E-state index in [-0.39, 0.29) is 27.9 Å². The third-order valence-corrected chi connectivity index (χ3v) is 5.85. The van der Waals surface area contributed by atoms with Crippen molar-refractivity contribution in [3.63, 3.8) is 0 Å². The fraction of sp³-hybridized carbons (Fsp3) is 0.412. The van der Waals surface area contributed by atoms with E-state index in [0.29, 0.717) is 11.3 Å². The number of hydrogen-bond acceptors (Lipinski definition) is 5. The largest absolute Gasteiger partial charge is 0.358 e. The average molecular weight is 333 g/mol. The summed E-state index contributed by atoms with van der Waals surface area (Å²) in [6.45, 7) is 7.56. The number of rotatable bonds is 3. The van der Waals surface area contributed by atoms with Crippen molar-refractivity contribution in [2.75, 3.05) is 0 Å². The number of benzene rings is 1. The molecule has 0 aliphatic heterocycles. The molecule has 2 aliphatic rings. The van der Waals surface area contributed by atoms with Gasteiger partial charge in [0.15, 0.2) is 5.78 Å². The van der Waals surface area contributed by atoms with Gasteiger partial charge in [-0.05, 0) is 43.0 Å². The first-order chi connectivity index (χ1) is 10.6. The fourth-order valence-electron chi connectivity index (χ4n) is 3.23. The fourth-order valence-corrected chi connectivity index (χ4v) is 3.97. The highest BCUT2D eigenvalue weighted by Gasteiger charge is 2.65. The van der Waals surface area contributed by atoms with Crippen molar-refractivity contribution in [3.05, 3.63) is 41.5 Å². The average Bonchev–Trinajstić information content (AvgIpc) is 3.05. The summed E-state index contributed by atoms with van der Waals surface area (Å²) in [7, 11) is -3.95. The summed E-state index contributed by atoms with van der Waals surface area (Å²) in [5.74, 6) is -0.0933. The first-order valence-electron chi connectivity index (χ1n) is 7.45. The number of oxime groups is 1. The summed E-state index contributed by atoms with van der Waals surface area (Å²) in [5.41, 5.74) is 1.86. The Morgan fingerprint density at radius 3 is 2.30 bits per heavy atom. The normalized spacial score (nSPS) is 27.4. The molecule has 0 saturated heterocycles. The number of aryl methyl sites for hydroxylation is 1. The molecule has 1 fully saturated rings. The van der Waals surface area contributed by atoms with Gasteiger partial charge in [-0.15, -0.1) is 0 Å². The maximum absolute atomic E-state index is 12.2. The molecule has 6 heteroatoms. The van der Waals surface area contributed by atoms with Gasteiger partial charge in [-0.2, -0.15) is 8.42 Å². The van der Waals surface area contributed by atoms with Crippen LogP contribution in [0, 0.1) is 24.2 Å². The topological polar surface area (TPSA) is 72.8 Å². The molecule has 2 unspecified atom stereocenters. The van der Waals surface area contributed by atoms with E-state index in [1.165, 1.54) is 12.1 Å². The lowest BCUT2D eigenvalue weighted by Gasteiger charge is -2.09. The molecule has 5 nitrogen and oxygen atoms in total. The van der Waals surface area contributed by atoms with Crippen LogP contribution in [0.1, 0.15) is 26.3 Å². The van der Waals surface area contributed by atoms with E-state index in [1.807, 2.05) is 20.8 Å². The lowest BCUT2D eigenvalue weighted by Crippen LogP contribution is -2.16. The Bertz CT molecular complexity index is 832. The van der Waals surface area contributed by atoms with Crippen LogP contribution in [-0.4, -0.2) is 19.9 Å². The van der Waals surface area contributed by atoms with E-state index in [2.05, 4.69) is 5.16 Å². The minimum atomic E-state index is -3.95. The van der Waals surface area contributed by atoms with Crippen LogP contribution in [0.2, 0.25) is 0 Å². The molecule has 3 rings (SSSR count). The first-order valence-corrected chi connectivity index (χ1v) is 8.86. The summed E-state index contributed by atoms with van der Waals surface area (Å²) in [6, 6.07) is 6.37. The Morgan fingerprint density at radius 1 is 1.09 bits per heavy atom. The van der Waals surface area contributed by atoms with Gasteiger partial charge in [-0.1, -0.05) is 36.7 Å². The van der Waals surface area contributed by atoms with E-state index >= 15 is 0 Å². The van der Waals surface area contributed by atoms with Gasteiger partial charge in [0, 0.05) is 11.8 Å². The van der Waals surface area contributed by atoms with Crippen molar-refractivity contribution < 1.29 is 17.5 Å². The predicted octanol–water partition coefficient (Wildman–Crippen LogP) is 2.86. The zero-order valence-corrected chi connectivity index (χ0v) is 14.3. The Balaban J connectivity index is 1.88. The second-order valence-electron chi connectivity index (χ2n) is 6.83. The van der Waals surface area contributed by atoms with Crippen LogP contribution >= 0.6 is 0 Å². The van der Waals surface area contributed by atoms with Crippen molar-refractivity contribution >= 4 is 21.6 Å². The van der Waals surface area contributed by atoms with Gasteiger partial charge >= 0.3 is 10.1 Å². The molecule has 0 heterocycles. The molecule has 0 spiro atoms. The number of allylic oxidation sites excluding steroid dienone is 2. The van der Waals surface area contributed by atoms with Gasteiger partial charge in [-0.3, -0.25) is 9.08 Å². The van der Waals surface area contributed by atoms with Gasteiger partial charge in [0.1, 0.15) is 4.90 Å². The molecule has 1 aromatic carbocycles. The van der Waals surface area contributed by atoms with Crippen LogP contribution in [0.25, 0.3) is 0 Å². The third-order valence-electron chi connectivity index (χ3n) is 4.73. The predicted molar refractivity (Wildman–Crippen MR) is 86.4 cm³/mol. The van der Waals surface area contributed by atoms with Crippen LogP contribution in [0.15, 0.2) is 46.0 Å². The second kappa shape index (κ2) is 5.03. The van der Waals surface area contributed by atoms with Crippen LogP contribution in [-0.2, 0) is 19.2 Å². The first kappa shape index (κ1) is 15.9. The van der Waals surface area contributed by atoms with E-state index in [1.54, 1.807) is 25.1 Å². The number of fused-ring (bicyclic) bond motifs is 1. The second-order valence-corrected chi connectivity index (χ2v) is 8.35. The van der Waals surface area contributed by atoms with Crippen molar-refractivity contribution in [2.24, 2.45) is 22.4 Å². The highest BCUT2D eigenvalue weighted by molar-refractivity contribution is 7.86. The van der Waals surface area contributed by atoms with Crippen LogP contribution in [0.5, 0.6) is 0 Å². The molecular weight excluding hydrogens is 314 g/mol. The maximum Gasteiger partial charge on any atom is 0.358 e. The molecule has 1 aromatic rings. The van der Waals surface area contributed by atoms with Crippen LogP contribution in [0.3, 0.4) is 0 Å². The molecule has 0 amide bonds. The van der Waals surface area contributed by atoms with E-state index in [4.69, 9.17) is 4.28 Å². The Kier molecular flexibility index (Phi) is 3.48. The number of Topliss-reactive ketones (excluding diaryl/α,β-unsaturated/α-hetero) is 1. The Morgan fingerprint density at radius 2 is 1.70 bits per heavy atom. The molecule has 2 aliphatic carbocycles. The summed E-state index contributed by atoms with van der Waals surface area (Å²) in [4.78, 5) is 12.2. The molecule has 0 N–H and O–H groups in total. The minimum Gasteiger partial charge on any atom is -0.294 e. The van der Waals surface area contributed by atoms with Crippen molar-refractivity contribution in [2.45, 2.75) is 32.6 Å². The van der Waals surface area contributed by atoms with Crippen LogP contribution < -0.4 is 0 Å². The molecule has 0 aromatic heterocycles. The Labute approximate surface area is 136 Å². The van der Waals surface area contributed by atoms with Crippen molar-refractivity contribution in [3.8, 4) is 0 Å². The smallest absolute Gasteiger partial charge is 0.294 e. The molecular formula is C17H19NO4S. The van der Waals surface area contributed by atoms with E-state index in [9.17, 15) is 13.2 Å². The molecule has 2 atom stereocenters. The van der Waals surface area contributed by atoms with Gasteiger partial charge in [0.05, 0.1) is 5.71 Å². The molecule has 1 saturated carbocycles. The molecule has 0 radical (unpaired) electrons. The quantitative estimate of drug-likeness (QED) is 0.797. The number of nitrogens with zero attached hydrogens (tertiary/aromatic N) is 1. The standard InChI is InChI=1S/C17H19NO4S/c1-10-5-7-12(8-6-10)23(20,21)22-18-13-9-11(2)16(19)15-14(13)17(15,3)4/h5-9,14-15H,1-4H3. The number of carbonyl (C=O) groups excluding carboxylic acids is 1. The minimum absolute atomic E-state index is 0.0617. The third kappa shape index (κ3) is 2.61. The summed E-state index contributed by atoms with van der Waals surface area (Å²) in [6.07, 6.45) is 1.63. The Hall–Kier alpha value is -1.95. The lowest BCUT2D eigenvalue weighted by molar-refractivity contribution is -0.117. The molecule has 122 valence electrons. The van der Waals surface area contributed by atoms with Gasteiger partial charge in [0.25, 0.3) is 0 Å².